The third kappa shape index (κ3) is 10.2. The summed E-state index contributed by atoms with van der Waals surface area (Å²) in [6.07, 6.45) is 6.13. The highest BCUT2D eigenvalue weighted by atomic mass is 16.5. The summed E-state index contributed by atoms with van der Waals surface area (Å²) in [5, 5.41) is 3.04. The second-order valence-electron chi connectivity index (χ2n) is 10.7. The van der Waals surface area contributed by atoms with E-state index in [0.717, 1.165) is 76.8 Å². The number of ether oxygens (including phenoxy) is 2. The molecule has 0 aliphatic carbocycles. The van der Waals surface area contributed by atoms with Crippen LogP contribution in [0.4, 0.5) is 17.3 Å². The summed E-state index contributed by atoms with van der Waals surface area (Å²) in [6, 6.07) is 8.33. The molecule has 1 aromatic carbocycles. The Morgan fingerprint density at radius 2 is 1.98 bits per heavy atom. The van der Waals surface area contributed by atoms with Gasteiger partial charge in [0.2, 0.25) is 6.41 Å². The molecule has 1 aromatic heterocycles. The average Bonchev–Trinajstić information content (AvgIpc) is 2.96. The van der Waals surface area contributed by atoms with Crippen molar-refractivity contribution in [3.05, 3.63) is 35.4 Å². The van der Waals surface area contributed by atoms with Crippen LogP contribution in [0.25, 0.3) is 0 Å². The van der Waals surface area contributed by atoms with Gasteiger partial charge in [0.05, 0.1) is 20.1 Å². The first-order chi connectivity index (χ1) is 19.9. The number of hydrogen-bond donors (Lipinski definition) is 2. The Morgan fingerprint density at radius 3 is 2.66 bits per heavy atom. The minimum Gasteiger partial charge on any atom is -0.469 e. The van der Waals surface area contributed by atoms with Crippen molar-refractivity contribution in [1.82, 2.24) is 19.8 Å². The van der Waals surface area contributed by atoms with E-state index in [1.165, 1.54) is 12.7 Å². The van der Waals surface area contributed by atoms with Crippen LogP contribution in [-0.2, 0) is 27.3 Å². The first kappa shape index (κ1) is 32.1. The van der Waals surface area contributed by atoms with E-state index < -0.39 is 0 Å². The number of carbonyl (C=O) groups excluding carboxylic acids is 2. The fourth-order valence-corrected chi connectivity index (χ4v) is 5.15. The van der Waals surface area contributed by atoms with Crippen LogP contribution in [0.15, 0.2) is 24.3 Å². The van der Waals surface area contributed by atoms with Gasteiger partial charge in [0.15, 0.2) is 11.6 Å². The standard InChI is InChI=1S/C30H47N7O4/c1-5-6-17-41-30-33-28(31)27(32-2)29(34-30)37(22-38)21-23-11-15-36(16-12-23)14-8-13-35(3)20-25-10-7-9-24(18-25)19-26(39)40-4/h7,9-10,18,22-23,32H,5-6,8,11-17,19-21H2,1-4H3,(H2,31,33,34). The quantitative estimate of drug-likeness (QED) is 0.167. The number of carbonyl (C=O) groups is 2. The van der Waals surface area contributed by atoms with Gasteiger partial charge in [-0.3, -0.25) is 14.5 Å². The summed E-state index contributed by atoms with van der Waals surface area (Å²) < 4.78 is 10.5. The van der Waals surface area contributed by atoms with Crippen LogP contribution in [0.1, 0.15) is 50.2 Å². The van der Waals surface area contributed by atoms with Crippen LogP contribution >= 0.6 is 0 Å². The molecule has 1 aliphatic heterocycles. The minimum absolute atomic E-state index is 0.200. The van der Waals surface area contributed by atoms with Crippen molar-refractivity contribution in [3.8, 4) is 6.01 Å². The third-order valence-electron chi connectivity index (χ3n) is 7.47. The third-order valence-corrected chi connectivity index (χ3v) is 7.47. The van der Waals surface area contributed by atoms with E-state index in [-0.39, 0.29) is 17.8 Å². The van der Waals surface area contributed by atoms with E-state index in [0.29, 0.717) is 37.0 Å². The van der Waals surface area contributed by atoms with Crippen LogP contribution in [0.2, 0.25) is 0 Å². The lowest BCUT2D eigenvalue weighted by atomic mass is 9.96. The van der Waals surface area contributed by atoms with Crippen molar-refractivity contribution < 1.29 is 19.1 Å². The summed E-state index contributed by atoms with van der Waals surface area (Å²) in [5.41, 5.74) is 8.87. The van der Waals surface area contributed by atoms with Gasteiger partial charge >= 0.3 is 12.0 Å². The van der Waals surface area contributed by atoms with Gasteiger partial charge < -0.3 is 30.3 Å². The van der Waals surface area contributed by atoms with Gasteiger partial charge in [-0.05, 0) is 76.0 Å². The highest BCUT2D eigenvalue weighted by molar-refractivity contribution is 5.85. The molecule has 11 heteroatoms. The number of nitrogens with two attached hydrogens (primary N) is 1. The fourth-order valence-electron chi connectivity index (χ4n) is 5.15. The molecular formula is C30H47N7O4. The molecule has 1 aliphatic rings. The topological polar surface area (TPSA) is 126 Å². The van der Waals surface area contributed by atoms with E-state index in [1.807, 2.05) is 12.1 Å². The first-order valence-corrected chi connectivity index (χ1v) is 14.6. The van der Waals surface area contributed by atoms with Gasteiger partial charge in [-0.2, -0.15) is 9.97 Å². The highest BCUT2D eigenvalue weighted by Gasteiger charge is 2.25. The van der Waals surface area contributed by atoms with Crippen molar-refractivity contribution in [3.63, 3.8) is 0 Å². The van der Waals surface area contributed by atoms with Crippen molar-refractivity contribution in [2.24, 2.45) is 5.92 Å². The van der Waals surface area contributed by atoms with Gasteiger partial charge in [-0.15, -0.1) is 0 Å². The number of methoxy groups -OCH3 is 1. The first-order valence-electron chi connectivity index (χ1n) is 14.6. The summed E-state index contributed by atoms with van der Waals surface area (Å²) >= 11 is 0. The van der Waals surface area contributed by atoms with Gasteiger partial charge in [0.1, 0.15) is 5.69 Å². The monoisotopic (exact) mass is 569 g/mol. The molecule has 2 heterocycles. The van der Waals surface area contributed by atoms with Crippen LogP contribution in [0.3, 0.4) is 0 Å². The number of amides is 1. The van der Waals surface area contributed by atoms with E-state index in [2.05, 4.69) is 51.2 Å². The van der Waals surface area contributed by atoms with Crippen LogP contribution in [0, 0.1) is 5.92 Å². The van der Waals surface area contributed by atoms with Crippen molar-refractivity contribution in [1.29, 1.82) is 0 Å². The Balaban J connectivity index is 1.44. The summed E-state index contributed by atoms with van der Waals surface area (Å²) in [7, 11) is 5.29. The molecule has 2 aromatic rings. The largest absolute Gasteiger partial charge is 0.469 e. The number of hydrogen-bond acceptors (Lipinski definition) is 10. The number of likely N-dealkylation sites (tertiary alicyclic amines) is 1. The summed E-state index contributed by atoms with van der Waals surface area (Å²) in [5.74, 6) is 0.884. The van der Waals surface area contributed by atoms with Gasteiger partial charge in [0.25, 0.3) is 0 Å². The second-order valence-corrected chi connectivity index (χ2v) is 10.7. The Hall–Kier alpha value is -3.44. The lowest BCUT2D eigenvalue weighted by Crippen LogP contribution is -2.39. The van der Waals surface area contributed by atoms with Crippen LogP contribution in [-0.4, -0.2) is 92.7 Å². The van der Waals surface area contributed by atoms with Gasteiger partial charge in [-0.25, -0.2) is 0 Å². The van der Waals surface area contributed by atoms with E-state index in [4.69, 9.17) is 15.2 Å². The van der Waals surface area contributed by atoms with Crippen molar-refractivity contribution in [2.75, 3.05) is 76.5 Å². The number of nitrogens with one attached hydrogen (secondary N) is 1. The zero-order chi connectivity index (χ0) is 29.6. The predicted octanol–water partition coefficient (Wildman–Crippen LogP) is 3.19. The molecule has 0 spiro atoms. The molecule has 0 bridgehead atoms. The number of esters is 1. The minimum atomic E-state index is -0.221. The second kappa shape index (κ2) is 16.7. The number of unbranched alkanes of at least 4 members (excludes halogenated alkanes) is 1. The number of rotatable bonds is 17. The molecule has 11 nitrogen and oxygen atoms in total. The predicted molar refractivity (Wildman–Crippen MR) is 162 cm³/mol. The van der Waals surface area contributed by atoms with Gasteiger partial charge in [-0.1, -0.05) is 37.6 Å². The van der Waals surface area contributed by atoms with Crippen LogP contribution < -0.4 is 20.7 Å². The maximum atomic E-state index is 12.1. The van der Waals surface area contributed by atoms with E-state index in [9.17, 15) is 9.59 Å². The molecule has 226 valence electrons. The molecule has 1 fully saturated rings. The summed E-state index contributed by atoms with van der Waals surface area (Å²) in [6.45, 7) is 8.06. The van der Waals surface area contributed by atoms with E-state index >= 15 is 0 Å². The molecule has 3 N–H and O–H groups in total. The molecule has 0 atom stereocenters. The average molecular weight is 570 g/mol. The molecule has 0 unspecified atom stereocenters. The number of piperidine rings is 1. The maximum Gasteiger partial charge on any atom is 0.320 e. The highest BCUT2D eigenvalue weighted by Crippen LogP contribution is 2.31. The molecular weight excluding hydrogens is 522 g/mol. The van der Waals surface area contributed by atoms with Crippen molar-refractivity contribution in [2.45, 2.75) is 52.0 Å². The Bertz CT molecular complexity index is 1110. The normalized spacial score (nSPS) is 14.2. The van der Waals surface area contributed by atoms with Crippen LogP contribution in [0.5, 0.6) is 6.01 Å². The molecule has 41 heavy (non-hydrogen) atoms. The fraction of sp³-hybridized carbons (Fsp3) is 0.600. The molecule has 1 amide bonds. The summed E-state index contributed by atoms with van der Waals surface area (Å²) in [4.78, 5) is 38.9. The van der Waals surface area contributed by atoms with Gasteiger partial charge in [0, 0.05) is 20.1 Å². The number of nitrogen functional groups attached to an aromatic ring is 1. The lowest BCUT2D eigenvalue weighted by molar-refractivity contribution is -0.139. The molecule has 0 radical (unpaired) electrons. The molecule has 3 rings (SSSR count). The Kier molecular flexibility index (Phi) is 13.1. The Labute approximate surface area is 244 Å². The lowest BCUT2D eigenvalue weighted by Gasteiger charge is -2.34. The maximum absolute atomic E-state index is 12.1. The number of benzene rings is 1. The molecule has 1 saturated heterocycles. The SMILES string of the molecule is CCCCOc1nc(N)c(NC)c(N(C=O)CC2CCN(CCCN(C)Cc3cccc(CC(=O)OC)c3)CC2)n1. The smallest absolute Gasteiger partial charge is 0.320 e. The zero-order valence-electron chi connectivity index (χ0n) is 25.1. The zero-order valence-corrected chi connectivity index (χ0v) is 25.1. The van der Waals surface area contributed by atoms with E-state index in [1.54, 1.807) is 11.9 Å². The Morgan fingerprint density at radius 1 is 1.22 bits per heavy atom. The number of nitrogens with zero attached hydrogens (tertiary/aromatic N) is 5. The number of aromatic nitrogens is 2. The molecule has 0 saturated carbocycles. The van der Waals surface area contributed by atoms with Crippen molar-refractivity contribution >= 4 is 29.7 Å². The number of anilines is 3.